The van der Waals surface area contributed by atoms with E-state index in [9.17, 15) is 4.79 Å². The predicted molar refractivity (Wildman–Crippen MR) is 64.3 cm³/mol. The van der Waals surface area contributed by atoms with Crippen molar-refractivity contribution >= 4 is 5.91 Å². The summed E-state index contributed by atoms with van der Waals surface area (Å²) in [5.41, 5.74) is 0. The summed E-state index contributed by atoms with van der Waals surface area (Å²) in [6.07, 6.45) is 6.88. The SMILES string of the molecule is C=CCCCCCC(=O)NC[N+](C)(C)C. The molecule has 15 heavy (non-hydrogen) atoms. The predicted octanol–water partition coefficient (Wildman–Crippen LogP) is 1.90. The first-order valence-corrected chi connectivity index (χ1v) is 5.64. The van der Waals surface area contributed by atoms with Crippen LogP contribution in [-0.4, -0.2) is 38.2 Å². The van der Waals surface area contributed by atoms with E-state index in [1.54, 1.807) is 0 Å². The number of nitrogens with one attached hydrogen (secondary N) is 1. The summed E-state index contributed by atoms with van der Waals surface area (Å²) in [5.74, 6) is 0.168. The topological polar surface area (TPSA) is 29.1 Å². The summed E-state index contributed by atoms with van der Waals surface area (Å²) >= 11 is 0. The molecule has 0 rings (SSSR count). The minimum atomic E-state index is 0.168. The highest BCUT2D eigenvalue weighted by Gasteiger charge is 2.08. The Labute approximate surface area is 93.7 Å². The van der Waals surface area contributed by atoms with Gasteiger partial charge in [0.15, 0.2) is 6.67 Å². The molecule has 0 radical (unpaired) electrons. The molecule has 3 nitrogen and oxygen atoms in total. The van der Waals surface area contributed by atoms with Crippen molar-refractivity contribution in [3.8, 4) is 0 Å². The molecule has 0 spiro atoms. The third-order valence-corrected chi connectivity index (χ3v) is 2.06. The average Bonchev–Trinajstić information content (AvgIpc) is 2.13. The van der Waals surface area contributed by atoms with Crippen LogP contribution in [0.2, 0.25) is 0 Å². The highest BCUT2D eigenvalue weighted by Crippen LogP contribution is 2.03. The van der Waals surface area contributed by atoms with E-state index in [2.05, 4.69) is 33.0 Å². The van der Waals surface area contributed by atoms with Crippen molar-refractivity contribution in [3.63, 3.8) is 0 Å². The lowest BCUT2D eigenvalue weighted by molar-refractivity contribution is -0.872. The first-order valence-electron chi connectivity index (χ1n) is 5.64. The second-order valence-corrected chi connectivity index (χ2v) is 4.94. The van der Waals surface area contributed by atoms with Crippen molar-refractivity contribution in [2.45, 2.75) is 32.1 Å². The Morgan fingerprint density at radius 2 is 1.93 bits per heavy atom. The van der Waals surface area contributed by atoms with Gasteiger partial charge in [0.05, 0.1) is 21.1 Å². The number of allylic oxidation sites excluding steroid dienone is 1. The van der Waals surface area contributed by atoms with Gasteiger partial charge in [-0.1, -0.05) is 12.5 Å². The molecule has 0 aromatic heterocycles. The number of rotatable bonds is 8. The summed E-state index contributed by atoms with van der Waals surface area (Å²) in [5, 5.41) is 2.93. The summed E-state index contributed by atoms with van der Waals surface area (Å²) in [4.78, 5) is 11.4. The first kappa shape index (κ1) is 14.2. The molecule has 1 N–H and O–H groups in total. The molecule has 0 unspecified atom stereocenters. The normalized spacial score (nSPS) is 11.1. The number of quaternary nitrogens is 1. The van der Waals surface area contributed by atoms with Gasteiger partial charge in [-0.05, 0) is 19.3 Å². The van der Waals surface area contributed by atoms with E-state index in [-0.39, 0.29) is 5.91 Å². The number of hydrogen-bond acceptors (Lipinski definition) is 1. The lowest BCUT2D eigenvalue weighted by Crippen LogP contribution is -2.45. The molecule has 0 bridgehead atoms. The third kappa shape index (κ3) is 11.1. The molecule has 3 heteroatoms. The molecule has 0 aliphatic rings. The van der Waals surface area contributed by atoms with Gasteiger partial charge in [0, 0.05) is 6.42 Å². The van der Waals surface area contributed by atoms with Gasteiger partial charge in [0.25, 0.3) is 0 Å². The molecule has 0 saturated carbocycles. The van der Waals surface area contributed by atoms with Crippen LogP contribution in [0.25, 0.3) is 0 Å². The zero-order valence-electron chi connectivity index (χ0n) is 10.4. The van der Waals surface area contributed by atoms with Gasteiger partial charge >= 0.3 is 0 Å². The van der Waals surface area contributed by atoms with Gasteiger partial charge in [-0.3, -0.25) is 4.79 Å². The van der Waals surface area contributed by atoms with Gasteiger partial charge < -0.3 is 9.80 Å². The minimum absolute atomic E-state index is 0.168. The highest BCUT2D eigenvalue weighted by molar-refractivity contribution is 5.75. The molecule has 88 valence electrons. The zero-order valence-corrected chi connectivity index (χ0v) is 10.4. The summed E-state index contributed by atoms with van der Waals surface area (Å²) < 4.78 is 0.766. The quantitative estimate of drug-likeness (QED) is 0.284. The van der Waals surface area contributed by atoms with E-state index in [4.69, 9.17) is 0 Å². The van der Waals surface area contributed by atoms with Crippen LogP contribution in [0.5, 0.6) is 0 Å². The van der Waals surface area contributed by atoms with Gasteiger partial charge in [-0.15, -0.1) is 6.58 Å². The standard InChI is InChI=1S/C12H24N2O/c1-5-6-7-8-9-10-12(15)13-11-14(2,3)4/h5H,1,6-11H2,2-4H3/p+1. The van der Waals surface area contributed by atoms with E-state index in [1.807, 2.05) is 6.08 Å². The number of amides is 1. The van der Waals surface area contributed by atoms with E-state index >= 15 is 0 Å². The highest BCUT2D eigenvalue weighted by atomic mass is 16.1. The number of nitrogens with zero attached hydrogens (tertiary/aromatic N) is 1. The molecule has 0 saturated heterocycles. The lowest BCUT2D eigenvalue weighted by atomic mass is 10.1. The van der Waals surface area contributed by atoms with Crippen LogP contribution < -0.4 is 5.32 Å². The van der Waals surface area contributed by atoms with Crippen molar-refractivity contribution in [2.24, 2.45) is 0 Å². The van der Waals surface area contributed by atoms with E-state index in [0.29, 0.717) is 13.1 Å². The smallest absolute Gasteiger partial charge is 0.224 e. The Morgan fingerprint density at radius 3 is 2.47 bits per heavy atom. The molecular formula is C12H25N2O+. The maximum atomic E-state index is 11.4. The van der Waals surface area contributed by atoms with E-state index in [0.717, 1.165) is 30.2 Å². The first-order chi connectivity index (χ1) is 6.95. The molecule has 0 aromatic rings. The number of carbonyl (C=O) groups excluding carboxylic acids is 1. The second kappa shape index (κ2) is 7.46. The Morgan fingerprint density at radius 1 is 1.27 bits per heavy atom. The van der Waals surface area contributed by atoms with Gasteiger partial charge in [-0.25, -0.2) is 0 Å². The van der Waals surface area contributed by atoms with Gasteiger partial charge in [-0.2, -0.15) is 0 Å². The minimum Gasteiger partial charge on any atom is -0.314 e. The van der Waals surface area contributed by atoms with Crippen molar-refractivity contribution in [1.29, 1.82) is 0 Å². The van der Waals surface area contributed by atoms with Crippen molar-refractivity contribution in [3.05, 3.63) is 12.7 Å². The zero-order chi connectivity index (χ0) is 11.7. The van der Waals surface area contributed by atoms with Crippen molar-refractivity contribution in [2.75, 3.05) is 27.8 Å². The van der Waals surface area contributed by atoms with Crippen LogP contribution in [0, 0.1) is 0 Å². The van der Waals surface area contributed by atoms with Gasteiger partial charge in [0.1, 0.15) is 0 Å². The fourth-order valence-corrected chi connectivity index (χ4v) is 1.16. The van der Waals surface area contributed by atoms with Crippen LogP contribution in [0.15, 0.2) is 12.7 Å². The number of unbranched alkanes of at least 4 members (excludes halogenated alkanes) is 3. The molecule has 0 aliphatic heterocycles. The second-order valence-electron chi connectivity index (χ2n) is 4.94. The van der Waals surface area contributed by atoms with Crippen molar-refractivity contribution < 1.29 is 9.28 Å². The molecular weight excluding hydrogens is 188 g/mol. The average molecular weight is 213 g/mol. The summed E-state index contributed by atoms with van der Waals surface area (Å²) in [7, 11) is 6.18. The van der Waals surface area contributed by atoms with Crippen LogP contribution in [0.3, 0.4) is 0 Å². The van der Waals surface area contributed by atoms with E-state index in [1.165, 1.54) is 0 Å². The monoisotopic (exact) mass is 213 g/mol. The van der Waals surface area contributed by atoms with Crippen molar-refractivity contribution in [1.82, 2.24) is 5.32 Å². The van der Waals surface area contributed by atoms with E-state index < -0.39 is 0 Å². The maximum Gasteiger partial charge on any atom is 0.224 e. The number of hydrogen-bond donors (Lipinski definition) is 1. The fraction of sp³-hybridized carbons (Fsp3) is 0.750. The van der Waals surface area contributed by atoms with Crippen LogP contribution >= 0.6 is 0 Å². The van der Waals surface area contributed by atoms with Gasteiger partial charge in [0.2, 0.25) is 5.91 Å². The Hall–Kier alpha value is -0.830. The molecule has 0 heterocycles. The Kier molecular flexibility index (Phi) is 7.05. The third-order valence-electron chi connectivity index (χ3n) is 2.06. The van der Waals surface area contributed by atoms with Crippen LogP contribution in [0.1, 0.15) is 32.1 Å². The Bertz CT molecular complexity index is 194. The lowest BCUT2D eigenvalue weighted by Gasteiger charge is -2.23. The molecule has 1 amide bonds. The summed E-state index contributed by atoms with van der Waals surface area (Å²) in [6.45, 7) is 4.37. The van der Waals surface area contributed by atoms with Crippen LogP contribution in [-0.2, 0) is 4.79 Å². The largest absolute Gasteiger partial charge is 0.314 e. The molecule has 0 aromatic carbocycles. The molecule has 0 aliphatic carbocycles. The van der Waals surface area contributed by atoms with Crippen LogP contribution in [0.4, 0.5) is 0 Å². The molecule has 0 atom stereocenters. The number of carbonyl (C=O) groups is 1. The fourth-order valence-electron chi connectivity index (χ4n) is 1.16. The Balaban J connectivity index is 3.38. The summed E-state index contributed by atoms with van der Waals surface area (Å²) in [6, 6.07) is 0. The molecule has 0 fully saturated rings. The maximum absolute atomic E-state index is 11.4.